The molecule has 1 amide bonds. The number of halogens is 1. The Bertz CT molecular complexity index is 1160. The summed E-state index contributed by atoms with van der Waals surface area (Å²) in [5, 5.41) is 18.1. The summed E-state index contributed by atoms with van der Waals surface area (Å²) < 4.78 is 15.7. The van der Waals surface area contributed by atoms with Crippen LogP contribution in [-0.4, -0.2) is 25.2 Å². The number of hydrogen-bond donors (Lipinski definition) is 1. The van der Waals surface area contributed by atoms with Crippen molar-refractivity contribution in [3.63, 3.8) is 0 Å². The second-order valence-electron chi connectivity index (χ2n) is 7.71. The maximum atomic E-state index is 13.3. The number of rotatable bonds is 5. The third kappa shape index (κ3) is 4.59. The third-order valence-electron chi connectivity index (χ3n) is 4.31. The molecule has 0 fully saturated rings. The molecule has 2 aromatic heterocycles. The summed E-state index contributed by atoms with van der Waals surface area (Å²) in [4.78, 5) is 34.8. The number of nitrogens with one attached hydrogen (secondary N) is 1. The van der Waals surface area contributed by atoms with Crippen molar-refractivity contribution in [1.82, 2.24) is 14.3 Å². The van der Waals surface area contributed by atoms with Crippen molar-refractivity contribution < 1.29 is 14.1 Å². The predicted molar refractivity (Wildman–Crippen MR) is 108 cm³/mol. The fourth-order valence-corrected chi connectivity index (χ4v) is 2.70. The summed E-state index contributed by atoms with van der Waals surface area (Å²) in [5.41, 5.74) is 0.0677. The van der Waals surface area contributed by atoms with E-state index in [-0.39, 0.29) is 11.1 Å². The van der Waals surface area contributed by atoms with E-state index in [4.69, 9.17) is 0 Å². The molecule has 30 heavy (non-hydrogen) atoms. The van der Waals surface area contributed by atoms with Crippen molar-refractivity contribution in [3.8, 4) is 5.69 Å². The molecule has 0 aliphatic rings. The van der Waals surface area contributed by atoms with Gasteiger partial charge in [0.2, 0.25) is 5.91 Å². The molecule has 156 valence electrons. The second kappa shape index (κ2) is 7.90. The zero-order valence-corrected chi connectivity index (χ0v) is 16.6. The van der Waals surface area contributed by atoms with Crippen LogP contribution >= 0.6 is 0 Å². The summed E-state index contributed by atoms with van der Waals surface area (Å²) in [6.07, 6.45) is 1.01. The number of carbonyl (C=O) groups excluding carboxylic acids is 1. The summed E-state index contributed by atoms with van der Waals surface area (Å²) in [6.45, 7) is 5.45. The topological polar surface area (TPSA) is 112 Å². The van der Waals surface area contributed by atoms with Gasteiger partial charge in [-0.3, -0.25) is 24.3 Å². The minimum atomic E-state index is -0.646. The van der Waals surface area contributed by atoms with Crippen LogP contribution in [0.1, 0.15) is 26.5 Å². The Kier molecular flexibility index (Phi) is 5.50. The van der Waals surface area contributed by atoms with Gasteiger partial charge in [0.1, 0.15) is 18.2 Å². The molecule has 0 spiro atoms. The highest BCUT2D eigenvalue weighted by molar-refractivity contribution is 5.90. The highest BCUT2D eigenvalue weighted by Gasteiger charge is 2.22. The van der Waals surface area contributed by atoms with E-state index in [9.17, 15) is 24.1 Å². The minimum Gasteiger partial charge on any atom is -0.309 e. The Morgan fingerprint density at radius 1 is 1.20 bits per heavy atom. The molecule has 9 nitrogen and oxygen atoms in total. The molecule has 1 aromatic carbocycles. The molecule has 0 saturated carbocycles. The van der Waals surface area contributed by atoms with Crippen LogP contribution in [-0.2, 0) is 16.8 Å². The molecule has 2 heterocycles. The Morgan fingerprint density at radius 2 is 1.87 bits per heavy atom. The zero-order valence-electron chi connectivity index (χ0n) is 16.6. The van der Waals surface area contributed by atoms with Crippen LogP contribution in [0.3, 0.4) is 0 Å². The minimum absolute atomic E-state index is 0.297. The van der Waals surface area contributed by atoms with Crippen molar-refractivity contribution in [3.05, 3.63) is 80.6 Å². The highest BCUT2D eigenvalue weighted by Crippen LogP contribution is 2.26. The van der Waals surface area contributed by atoms with Gasteiger partial charge in [-0.2, -0.15) is 5.10 Å². The molecular formula is C20H20FN5O4. The number of carbonyl (C=O) groups is 1. The molecule has 0 atom stereocenters. The van der Waals surface area contributed by atoms with Crippen molar-refractivity contribution in [2.45, 2.75) is 32.7 Å². The Morgan fingerprint density at radius 3 is 2.47 bits per heavy atom. The van der Waals surface area contributed by atoms with Crippen LogP contribution in [0.25, 0.3) is 5.69 Å². The molecule has 0 aliphatic heterocycles. The van der Waals surface area contributed by atoms with Crippen LogP contribution in [0.5, 0.6) is 0 Å². The van der Waals surface area contributed by atoms with E-state index in [1.165, 1.54) is 28.9 Å². The largest absolute Gasteiger partial charge is 0.309 e. The lowest BCUT2D eigenvalue weighted by Crippen LogP contribution is -2.27. The van der Waals surface area contributed by atoms with Crippen LogP contribution in [0.15, 0.2) is 53.5 Å². The van der Waals surface area contributed by atoms with Crippen molar-refractivity contribution >= 4 is 17.4 Å². The van der Waals surface area contributed by atoms with E-state index in [1.807, 2.05) is 20.8 Å². The average molecular weight is 413 g/mol. The number of pyridine rings is 1. The van der Waals surface area contributed by atoms with Gasteiger partial charge in [-0.15, -0.1) is 0 Å². The van der Waals surface area contributed by atoms with Crippen LogP contribution in [0.4, 0.5) is 15.9 Å². The van der Waals surface area contributed by atoms with E-state index < -0.39 is 28.8 Å². The van der Waals surface area contributed by atoms with Gasteiger partial charge in [0.25, 0.3) is 11.2 Å². The second-order valence-corrected chi connectivity index (χ2v) is 7.71. The number of aromatic nitrogens is 3. The molecule has 1 N–H and O–H groups in total. The van der Waals surface area contributed by atoms with Gasteiger partial charge in [-0.1, -0.05) is 20.8 Å². The summed E-state index contributed by atoms with van der Waals surface area (Å²) in [7, 11) is 0. The van der Waals surface area contributed by atoms with Gasteiger partial charge in [-0.25, -0.2) is 9.07 Å². The number of hydrogen-bond acceptors (Lipinski definition) is 5. The van der Waals surface area contributed by atoms with Gasteiger partial charge in [0.05, 0.1) is 22.5 Å². The van der Waals surface area contributed by atoms with Gasteiger partial charge in [0, 0.05) is 23.6 Å². The maximum absolute atomic E-state index is 13.3. The number of amides is 1. The van der Waals surface area contributed by atoms with Gasteiger partial charge < -0.3 is 5.32 Å². The number of nitrogens with zero attached hydrogens (tertiary/aromatic N) is 4. The standard InChI is InChI=1S/C20H20FN5O4/c1-20(2,3)16-10-17(25(23-16)14-6-4-13(21)5-7-14)22-18(27)12-24-11-15(26(29)30)8-9-19(24)28/h4-11H,12H2,1-3H3,(H,22,27). The van der Waals surface area contributed by atoms with Crippen LogP contribution in [0.2, 0.25) is 0 Å². The van der Waals surface area contributed by atoms with Gasteiger partial charge >= 0.3 is 0 Å². The van der Waals surface area contributed by atoms with E-state index in [0.717, 1.165) is 22.9 Å². The molecule has 10 heteroatoms. The van der Waals surface area contributed by atoms with Gasteiger partial charge in [-0.05, 0) is 24.3 Å². The van der Waals surface area contributed by atoms with Gasteiger partial charge in [0.15, 0.2) is 0 Å². The fraction of sp³-hybridized carbons (Fsp3) is 0.250. The molecule has 0 bridgehead atoms. The monoisotopic (exact) mass is 413 g/mol. The normalized spacial score (nSPS) is 11.3. The summed E-state index contributed by atoms with van der Waals surface area (Å²) >= 11 is 0. The number of benzene rings is 1. The zero-order chi connectivity index (χ0) is 22.1. The van der Waals surface area contributed by atoms with E-state index in [1.54, 1.807) is 6.07 Å². The number of nitro groups is 1. The first-order valence-corrected chi connectivity index (χ1v) is 9.06. The van der Waals surface area contributed by atoms with Crippen molar-refractivity contribution in [2.75, 3.05) is 5.32 Å². The Hall–Kier alpha value is -3.82. The first kappa shape index (κ1) is 20.9. The smallest absolute Gasteiger partial charge is 0.285 e. The quantitative estimate of drug-likeness (QED) is 0.510. The van der Waals surface area contributed by atoms with Crippen LogP contribution in [0, 0.1) is 15.9 Å². The van der Waals surface area contributed by atoms with Crippen LogP contribution < -0.4 is 10.9 Å². The summed E-state index contributed by atoms with van der Waals surface area (Å²) in [5.74, 6) is -0.645. The van der Waals surface area contributed by atoms with Crippen molar-refractivity contribution in [1.29, 1.82) is 0 Å². The number of anilines is 1. The predicted octanol–water partition coefficient (Wildman–Crippen LogP) is 3.02. The fourth-order valence-electron chi connectivity index (χ4n) is 2.70. The highest BCUT2D eigenvalue weighted by atomic mass is 19.1. The molecule has 3 rings (SSSR count). The lowest BCUT2D eigenvalue weighted by Gasteiger charge is -2.14. The summed E-state index contributed by atoms with van der Waals surface area (Å²) in [6, 6.07) is 9.41. The molecule has 0 saturated heterocycles. The lowest BCUT2D eigenvalue weighted by atomic mass is 9.92. The first-order valence-electron chi connectivity index (χ1n) is 9.06. The van der Waals surface area contributed by atoms with E-state index in [2.05, 4.69) is 10.4 Å². The molecular weight excluding hydrogens is 393 g/mol. The Labute approximate surface area is 170 Å². The van der Waals surface area contributed by atoms with Crippen molar-refractivity contribution in [2.24, 2.45) is 0 Å². The van der Waals surface area contributed by atoms with E-state index in [0.29, 0.717) is 17.2 Å². The molecule has 3 aromatic rings. The maximum Gasteiger partial charge on any atom is 0.285 e. The Balaban J connectivity index is 1.92. The SMILES string of the molecule is CC(C)(C)c1cc(NC(=O)Cn2cc([N+](=O)[O-])ccc2=O)n(-c2ccc(F)cc2)n1. The molecule has 0 aliphatic carbocycles. The first-order chi connectivity index (χ1) is 14.0. The molecule has 0 radical (unpaired) electrons. The lowest BCUT2D eigenvalue weighted by molar-refractivity contribution is -0.385. The molecule has 0 unspecified atom stereocenters. The van der Waals surface area contributed by atoms with E-state index >= 15 is 0 Å². The third-order valence-corrected chi connectivity index (χ3v) is 4.31. The average Bonchev–Trinajstić information content (AvgIpc) is 3.08.